The Labute approximate surface area is 128 Å². The van der Waals surface area contributed by atoms with Crippen molar-refractivity contribution in [3.8, 4) is 0 Å². The zero-order chi connectivity index (χ0) is 14.5. The molecule has 1 N–H and O–H groups in total. The summed E-state index contributed by atoms with van der Waals surface area (Å²) in [6, 6.07) is 12.8. The molecular formula is C16H13Cl2NO. The smallest absolute Gasteiger partial charge is 0.248 e. The van der Waals surface area contributed by atoms with E-state index in [2.05, 4.69) is 5.32 Å². The van der Waals surface area contributed by atoms with Gasteiger partial charge in [0.2, 0.25) is 5.91 Å². The normalized spacial score (nSPS) is 10.8. The largest absolute Gasteiger partial charge is 0.322 e. The van der Waals surface area contributed by atoms with E-state index < -0.39 is 0 Å². The van der Waals surface area contributed by atoms with Crippen LogP contribution in [0.4, 0.5) is 5.69 Å². The van der Waals surface area contributed by atoms with Gasteiger partial charge in [-0.25, -0.2) is 0 Å². The molecule has 2 nitrogen and oxygen atoms in total. The fourth-order valence-corrected chi connectivity index (χ4v) is 2.19. The Morgan fingerprint density at radius 3 is 2.25 bits per heavy atom. The van der Waals surface area contributed by atoms with Crippen LogP contribution in [0.3, 0.4) is 0 Å². The van der Waals surface area contributed by atoms with Crippen molar-refractivity contribution in [3.63, 3.8) is 0 Å². The van der Waals surface area contributed by atoms with Crippen LogP contribution in [0.1, 0.15) is 11.1 Å². The molecule has 0 aliphatic carbocycles. The molecule has 0 aliphatic rings. The van der Waals surface area contributed by atoms with Crippen LogP contribution in [0.5, 0.6) is 0 Å². The fraction of sp³-hybridized carbons (Fsp3) is 0.0625. The number of aryl methyl sites for hydroxylation is 1. The number of anilines is 1. The summed E-state index contributed by atoms with van der Waals surface area (Å²) in [7, 11) is 0. The molecule has 0 fully saturated rings. The number of nitrogens with one attached hydrogen (secondary N) is 1. The first-order valence-corrected chi connectivity index (χ1v) is 6.80. The lowest BCUT2D eigenvalue weighted by molar-refractivity contribution is -0.111. The van der Waals surface area contributed by atoms with E-state index >= 15 is 0 Å². The first kappa shape index (κ1) is 14.6. The lowest BCUT2D eigenvalue weighted by atomic mass is 10.1. The van der Waals surface area contributed by atoms with Gasteiger partial charge in [0.15, 0.2) is 0 Å². The molecule has 102 valence electrons. The molecule has 2 rings (SSSR count). The lowest BCUT2D eigenvalue weighted by Gasteiger charge is -2.03. The molecule has 20 heavy (non-hydrogen) atoms. The van der Waals surface area contributed by atoms with Crippen LogP contribution in [-0.4, -0.2) is 5.91 Å². The second kappa shape index (κ2) is 6.60. The van der Waals surface area contributed by atoms with Gasteiger partial charge in [-0.3, -0.25) is 4.79 Å². The molecule has 2 aromatic rings. The van der Waals surface area contributed by atoms with E-state index in [4.69, 9.17) is 23.2 Å². The summed E-state index contributed by atoms with van der Waals surface area (Å²) in [4.78, 5) is 11.8. The molecule has 0 aliphatic heterocycles. The van der Waals surface area contributed by atoms with Gasteiger partial charge >= 0.3 is 0 Å². The average molecular weight is 306 g/mol. The van der Waals surface area contributed by atoms with Crippen molar-refractivity contribution in [1.29, 1.82) is 0 Å². The van der Waals surface area contributed by atoms with Gasteiger partial charge < -0.3 is 5.32 Å². The van der Waals surface area contributed by atoms with Crippen LogP contribution in [-0.2, 0) is 4.79 Å². The predicted molar refractivity (Wildman–Crippen MR) is 85.3 cm³/mol. The van der Waals surface area contributed by atoms with Crippen molar-refractivity contribution < 1.29 is 4.79 Å². The van der Waals surface area contributed by atoms with Crippen molar-refractivity contribution in [3.05, 3.63) is 69.7 Å². The molecule has 0 unspecified atom stereocenters. The molecule has 0 radical (unpaired) electrons. The number of hydrogen-bond donors (Lipinski definition) is 1. The summed E-state index contributed by atoms with van der Waals surface area (Å²) < 4.78 is 0. The van der Waals surface area contributed by atoms with Gasteiger partial charge in [0.1, 0.15) is 0 Å². The molecule has 0 aromatic heterocycles. The van der Waals surface area contributed by atoms with E-state index in [0.717, 1.165) is 5.56 Å². The number of halogens is 2. The molecule has 2 aromatic carbocycles. The lowest BCUT2D eigenvalue weighted by Crippen LogP contribution is -2.07. The summed E-state index contributed by atoms with van der Waals surface area (Å²) >= 11 is 11.7. The van der Waals surface area contributed by atoms with Crippen molar-refractivity contribution in [2.45, 2.75) is 6.92 Å². The van der Waals surface area contributed by atoms with E-state index in [1.807, 2.05) is 31.2 Å². The van der Waals surface area contributed by atoms with Gasteiger partial charge in [-0.1, -0.05) is 53.0 Å². The Morgan fingerprint density at radius 2 is 1.65 bits per heavy atom. The van der Waals surface area contributed by atoms with E-state index in [9.17, 15) is 4.79 Å². The van der Waals surface area contributed by atoms with Crippen LogP contribution in [0.25, 0.3) is 6.08 Å². The summed E-state index contributed by atoms with van der Waals surface area (Å²) in [5.74, 6) is -0.232. The summed E-state index contributed by atoms with van der Waals surface area (Å²) in [6.45, 7) is 2.02. The van der Waals surface area contributed by atoms with Crippen molar-refractivity contribution in [2.75, 3.05) is 5.32 Å². The molecule has 0 saturated heterocycles. The third-order valence-corrected chi connectivity index (χ3v) is 3.07. The fourth-order valence-electron chi connectivity index (χ4n) is 1.66. The molecular weight excluding hydrogens is 293 g/mol. The maximum absolute atomic E-state index is 11.8. The van der Waals surface area contributed by atoms with Crippen LogP contribution in [0.15, 0.2) is 48.5 Å². The van der Waals surface area contributed by atoms with Gasteiger partial charge in [0.25, 0.3) is 0 Å². The third kappa shape index (κ3) is 4.41. The highest BCUT2D eigenvalue weighted by Crippen LogP contribution is 2.22. The maximum atomic E-state index is 11.8. The number of benzene rings is 2. The minimum Gasteiger partial charge on any atom is -0.322 e. The van der Waals surface area contributed by atoms with Crippen LogP contribution in [0.2, 0.25) is 10.0 Å². The quantitative estimate of drug-likeness (QED) is 0.798. The number of rotatable bonds is 3. The SMILES string of the molecule is Cc1ccc(C=CC(=O)Nc2cc(Cl)cc(Cl)c2)cc1. The van der Waals surface area contributed by atoms with E-state index in [0.29, 0.717) is 15.7 Å². The first-order valence-electron chi connectivity index (χ1n) is 6.05. The van der Waals surface area contributed by atoms with Gasteiger partial charge in [-0.15, -0.1) is 0 Å². The number of carbonyl (C=O) groups is 1. The Hall–Kier alpha value is -1.77. The van der Waals surface area contributed by atoms with Crippen LogP contribution < -0.4 is 5.32 Å². The highest BCUT2D eigenvalue weighted by molar-refractivity contribution is 6.35. The average Bonchev–Trinajstić information content (AvgIpc) is 2.37. The second-order valence-corrected chi connectivity index (χ2v) is 5.26. The summed E-state index contributed by atoms with van der Waals surface area (Å²) in [6.07, 6.45) is 3.22. The number of hydrogen-bond acceptors (Lipinski definition) is 1. The van der Waals surface area contributed by atoms with E-state index in [1.54, 1.807) is 24.3 Å². The van der Waals surface area contributed by atoms with Crippen LogP contribution >= 0.6 is 23.2 Å². The molecule has 0 heterocycles. The Balaban J connectivity index is 2.03. The van der Waals surface area contributed by atoms with Crippen molar-refractivity contribution in [1.82, 2.24) is 0 Å². The minimum atomic E-state index is -0.232. The standard InChI is InChI=1S/C16H13Cl2NO/c1-11-2-4-12(5-3-11)6-7-16(20)19-15-9-13(17)8-14(18)10-15/h2-10H,1H3,(H,19,20). The van der Waals surface area contributed by atoms with Crippen molar-refractivity contribution >= 4 is 40.9 Å². The highest BCUT2D eigenvalue weighted by Gasteiger charge is 2.01. The van der Waals surface area contributed by atoms with Gasteiger partial charge in [-0.2, -0.15) is 0 Å². The van der Waals surface area contributed by atoms with Crippen LogP contribution in [0, 0.1) is 6.92 Å². The molecule has 0 saturated carbocycles. The topological polar surface area (TPSA) is 29.1 Å². The zero-order valence-corrected chi connectivity index (χ0v) is 12.4. The Bertz CT molecular complexity index is 628. The second-order valence-electron chi connectivity index (χ2n) is 4.39. The van der Waals surface area contributed by atoms with Gasteiger partial charge in [0.05, 0.1) is 0 Å². The molecule has 4 heteroatoms. The minimum absolute atomic E-state index is 0.232. The Morgan fingerprint density at radius 1 is 1.05 bits per heavy atom. The molecule has 0 bridgehead atoms. The van der Waals surface area contributed by atoms with E-state index in [-0.39, 0.29) is 5.91 Å². The molecule has 0 spiro atoms. The molecule has 0 atom stereocenters. The van der Waals surface area contributed by atoms with Gasteiger partial charge in [0, 0.05) is 21.8 Å². The third-order valence-electron chi connectivity index (χ3n) is 2.63. The predicted octanol–water partition coefficient (Wildman–Crippen LogP) is 4.95. The number of amides is 1. The maximum Gasteiger partial charge on any atom is 0.248 e. The zero-order valence-electron chi connectivity index (χ0n) is 10.9. The Kier molecular flexibility index (Phi) is 4.83. The molecule has 1 amide bonds. The summed E-state index contributed by atoms with van der Waals surface area (Å²) in [5.41, 5.74) is 2.72. The monoisotopic (exact) mass is 305 g/mol. The highest BCUT2D eigenvalue weighted by atomic mass is 35.5. The van der Waals surface area contributed by atoms with Crippen molar-refractivity contribution in [2.24, 2.45) is 0 Å². The number of carbonyl (C=O) groups excluding carboxylic acids is 1. The van der Waals surface area contributed by atoms with Gasteiger partial charge in [-0.05, 0) is 36.8 Å². The van der Waals surface area contributed by atoms with E-state index in [1.165, 1.54) is 11.6 Å². The summed E-state index contributed by atoms with van der Waals surface area (Å²) in [5, 5.41) is 3.67. The first-order chi connectivity index (χ1) is 9.52.